The van der Waals surface area contributed by atoms with Crippen LogP contribution >= 0.6 is 15.9 Å². The fourth-order valence-electron chi connectivity index (χ4n) is 3.06. The van der Waals surface area contributed by atoms with E-state index in [4.69, 9.17) is 4.74 Å². The van der Waals surface area contributed by atoms with E-state index >= 15 is 0 Å². The minimum absolute atomic E-state index is 0.0261. The molecule has 0 N–H and O–H groups in total. The number of ether oxygens (including phenoxy) is 1. The number of aryl methyl sites for hydroxylation is 1. The van der Waals surface area contributed by atoms with Crippen molar-refractivity contribution in [3.05, 3.63) is 33.8 Å². The van der Waals surface area contributed by atoms with Gasteiger partial charge in [0.2, 0.25) is 0 Å². The first kappa shape index (κ1) is 13.8. The topological polar surface area (TPSA) is 43.4 Å². The molecule has 20 heavy (non-hydrogen) atoms. The largest absolute Gasteiger partial charge is 0.457 e. The molecule has 0 bridgehead atoms. The fraction of sp³-hybridized carbons (Fsp3) is 0.500. The van der Waals surface area contributed by atoms with Crippen LogP contribution < -0.4 is 0 Å². The summed E-state index contributed by atoms with van der Waals surface area (Å²) in [6.07, 6.45) is 3.19. The van der Waals surface area contributed by atoms with Gasteiger partial charge in [-0.3, -0.25) is 9.59 Å². The molecule has 2 aliphatic carbocycles. The quantitative estimate of drug-likeness (QED) is 0.624. The van der Waals surface area contributed by atoms with Crippen LogP contribution in [0, 0.1) is 24.7 Å². The highest BCUT2D eigenvalue weighted by Gasteiger charge is 2.48. The SMILES string of the molecule is Cc1cc(C(=O)COC(=O)[C@H]2C[C@@H]3C[C@@H]3C2)ccc1Br. The number of fused-ring (bicyclic) bond motifs is 1. The minimum atomic E-state index is -0.195. The minimum Gasteiger partial charge on any atom is -0.457 e. The molecule has 0 aromatic heterocycles. The van der Waals surface area contributed by atoms with Gasteiger partial charge < -0.3 is 4.74 Å². The number of halogens is 1. The molecule has 0 spiro atoms. The molecule has 3 rings (SSSR count). The van der Waals surface area contributed by atoms with Gasteiger partial charge in [0, 0.05) is 10.0 Å². The summed E-state index contributed by atoms with van der Waals surface area (Å²) < 4.78 is 6.15. The molecule has 3 atom stereocenters. The number of ketones is 1. The highest BCUT2D eigenvalue weighted by Crippen LogP contribution is 2.54. The summed E-state index contributed by atoms with van der Waals surface area (Å²) in [7, 11) is 0. The van der Waals surface area contributed by atoms with E-state index < -0.39 is 0 Å². The van der Waals surface area contributed by atoms with E-state index in [1.54, 1.807) is 6.07 Å². The summed E-state index contributed by atoms with van der Waals surface area (Å²) in [4.78, 5) is 23.9. The van der Waals surface area contributed by atoms with Gasteiger partial charge >= 0.3 is 5.97 Å². The van der Waals surface area contributed by atoms with Crippen LogP contribution in [0.25, 0.3) is 0 Å². The van der Waals surface area contributed by atoms with Gasteiger partial charge in [0.1, 0.15) is 0 Å². The predicted molar refractivity (Wildman–Crippen MR) is 78.5 cm³/mol. The molecular weight excluding hydrogens is 320 g/mol. The van der Waals surface area contributed by atoms with Gasteiger partial charge in [-0.1, -0.05) is 22.0 Å². The molecule has 2 aliphatic rings. The van der Waals surface area contributed by atoms with Crippen molar-refractivity contribution < 1.29 is 14.3 Å². The number of benzene rings is 1. The van der Waals surface area contributed by atoms with E-state index in [1.165, 1.54) is 6.42 Å². The highest BCUT2D eigenvalue weighted by molar-refractivity contribution is 9.10. The van der Waals surface area contributed by atoms with Crippen molar-refractivity contribution in [2.75, 3.05) is 6.61 Å². The normalized spacial score (nSPS) is 27.0. The number of esters is 1. The Kier molecular flexibility index (Phi) is 3.67. The van der Waals surface area contributed by atoms with Gasteiger partial charge in [-0.2, -0.15) is 0 Å². The Bertz CT molecular complexity index is 557. The smallest absolute Gasteiger partial charge is 0.309 e. The molecule has 0 aliphatic heterocycles. The van der Waals surface area contributed by atoms with Crippen LogP contribution in [-0.2, 0) is 9.53 Å². The molecule has 3 nitrogen and oxygen atoms in total. The molecule has 1 aromatic carbocycles. The lowest BCUT2D eigenvalue weighted by molar-refractivity contribution is -0.147. The summed E-state index contributed by atoms with van der Waals surface area (Å²) >= 11 is 3.40. The maximum absolute atomic E-state index is 12.0. The Morgan fingerprint density at radius 1 is 1.25 bits per heavy atom. The molecule has 0 amide bonds. The summed E-state index contributed by atoms with van der Waals surface area (Å²) in [5.74, 6) is 1.18. The summed E-state index contributed by atoms with van der Waals surface area (Å²) in [5, 5.41) is 0. The number of carbonyl (C=O) groups is 2. The zero-order valence-corrected chi connectivity index (χ0v) is 13.0. The fourth-order valence-corrected chi connectivity index (χ4v) is 3.31. The van der Waals surface area contributed by atoms with Crippen LogP contribution in [0.15, 0.2) is 22.7 Å². The standard InChI is InChI=1S/C16H17BrO3/c1-9-4-10(2-3-14(9)17)15(18)8-20-16(19)13-6-11-5-12(11)7-13/h2-4,11-13H,5-8H2,1H3/t11-,12+,13-. The molecule has 2 saturated carbocycles. The summed E-state index contributed by atoms with van der Waals surface area (Å²) in [5.41, 5.74) is 1.59. The van der Waals surface area contributed by atoms with Crippen molar-refractivity contribution in [2.45, 2.75) is 26.2 Å². The predicted octanol–water partition coefficient (Wildman–Crippen LogP) is 3.53. The van der Waals surface area contributed by atoms with E-state index in [2.05, 4.69) is 15.9 Å². The average Bonchev–Trinajstić information content (AvgIpc) is 3.05. The van der Waals surface area contributed by atoms with Crippen molar-refractivity contribution in [3.8, 4) is 0 Å². The van der Waals surface area contributed by atoms with Crippen molar-refractivity contribution in [2.24, 2.45) is 17.8 Å². The van der Waals surface area contributed by atoms with E-state index in [9.17, 15) is 9.59 Å². The van der Waals surface area contributed by atoms with E-state index in [1.807, 2.05) is 19.1 Å². The molecule has 0 radical (unpaired) electrons. The molecule has 4 heteroatoms. The second-order valence-electron chi connectivity index (χ2n) is 5.92. The number of hydrogen-bond donors (Lipinski definition) is 0. The van der Waals surface area contributed by atoms with Crippen LogP contribution in [0.1, 0.15) is 35.2 Å². The Morgan fingerprint density at radius 3 is 2.60 bits per heavy atom. The maximum Gasteiger partial charge on any atom is 0.309 e. The lowest BCUT2D eigenvalue weighted by Crippen LogP contribution is -2.20. The number of rotatable bonds is 4. The van der Waals surface area contributed by atoms with Gasteiger partial charge in [0.05, 0.1) is 5.92 Å². The first-order valence-electron chi connectivity index (χ1n) is 7.00. The van der Waals surface area contributed by atoms with Gasteiger partial charge in [0.15, 0.2) is 12.4 Å². The van der Waals surface area contributed by atoms with Crippen LogP contribution in [0.3, 0.4) is 0 Å². The Morgan fingerprint density at radius 2 is 1.95 bits per heavy atom. The van der Waals surface area contributed by atoms with Crippen LogP contribution in [0.4, 0.5) is 0 Å². The molecule has 106 valence electrons. The van der Waals surface area contributed by atoms with Crippen molar-refractivity contribution >= 4 is 27.7 Å². The summed E-state index contributed by atoms with van der Waals surface area (Å²) in [6, 6.07) is 5.40. The number of Topliss-reactive ketones (excluding diaryl/α,β-unsaturated/α-hetero) is 1. The molecular formula is C16H17BrO3. The third-order valence-corrected chi connectivity index (χ3v) is 5.29. The average molecular weight is 337 g/mol. The van der Waals surface area contributed by atoms with E-state index in [0.29, 0.717) is 5.56 Å². The van der Waals surface area contributed by atoms with Crippen molar-refractivity contribution in [1.82, 2.24) is 0 Å². The molecule has 0 heterocycles. The van der Waals surface area contributed by atoms with Gasteiger partial charge in [-0.15, -0.1) is 0 Å². The third-order valence-electron chi connectivity index (χ3n) is 4.40. The van der Waals surface area contributed by atoms with E-state index in [-0.39, 0.29) is 24.3 Å². The molecule has 2 fully saturated rings. The highest BCUT2D eigenvalue weighted by atomic mass is 79.9. The zero-order valence-electron chi connectivity index (χ0n) is 11.4. The van der Waals surface area contributed by atoms with Gasteiger partial charge in [0.25, 0.3) is 0 Å². The first-order valence-corrected chi connectivity index (χ1v) is 7.80. The molecule has 0 unspecified atom stereocenters. The lowest BCUT2D eigenvalue weighted by atomic mass is 10.0. The number of carbonyl (C=O) groups excluding carboxylic acids is 2. The van der Waals surface area contributed by atoms with Crippen molar-refractivity contribution in [3.63, 3.8) is 0 Å². The van der Waals surface area contributed by atoms with E-state index in [0.717, 1.165) is 34.7 Å². The van der Waals surface area contributed by atoms with Gasteiger partial charge in [-0.05, 0) is 55.7 Å². The molecule has 0 saturated heterocycles. The first-order chi connectivity index (χ1) is 9.54. The number of hydrogen-bond acceptors (Lipinski definition) is 3. The summed E-state index contributed by atoms with van der Waals surface area (Å²) in [6.45, 7) is 1.78. The van der Waals surface area contributed by atoms with Crippen LogP contribution in [-0.4, -0.2) is 18.4 Å². The lowest BCUT2D eigenvalue weighted by Gasteiger charge is -2.11. The Balaban J connectivity index is 1.53. The third kappa shape index (κ3) is 2.80. The van der Waals surface area contributed by atoms with Gasteiger partial charge in [-0.25, -0.2) is 0 Å². The monoisotopic (exact) mass is 336 g/mol. The van der Waals surface area contributed by atoms with Crippen LogP contribution in [0.5, 0.6) is 0 Å². The zero-order chi connectivity index (χ0) is 14.3. The second-order valence-corrected chi connectivity index (χ2v) is 6.77. The second kappa shape index (κ2) is 5.32. The van der Waals surface area contributed by atoms with Crippen LogP contribution in [0.2, 0.25) is 0 Å². The molecule has 1 aromatic rings. The maximum atomic E-state index is 12.0. The Labute approximate surface area is 126 Å². The van der Waals surface area contributed by atoms with Crippen molar-refractivity contribution in [1.29, 1.82) is 0 Å². The Hall–Kier alpha value is -1.16.